The fourth-order valence-electron chi connectivity index (χ4n) is 3.86. The lowest BCUT2D eigenvalue weighted by Crippen LogP contribution is -2.26. The predicted molar refractivity (Wildman–Crippen MR) is 112 cm³/mol. The van der Waals surface area contributed by atoms with Crippen molar-refractivity contribution in [2.24, 2.45) is 0 Å². The third-order valence-electron chi connectivity index (χ3n) is 5.53. The van der Waals surface area contributed by atoms with Gasteiger partial charge in [-0.3, -0.25) is 9.59 Å². The second-order valence-corrected chi connectivity index (χ2v) is 7.65. The van der Waals surface area contributed by atoms with Crippen molar-refractivity contribution >= 4 is 28.9 Å². The van der Waals surface area contributed by atoms with E-state index in [-0.39, 0.29) is 11.8 Å². The molecule has 0 radical (unpaired) electrons. The number of likely N-dealkylation sites (N-methyl/N-ethyl adjacent to an activating group) is 2. The van der Waals surface area contributed by atoms with Crippen molar-refractivity contribution in [2.75, 3.05) is 48.8 Å². The van der Waals surface area contributed by atoms with Crippen LogP contribution in [0.5, 0.6) is 0 Å². The Balaban J connectivity index is 1.48. The van der Waals surface area contributed by atoms with Gasteiger partial charge < -0.3 is 20.0 Å². The van der Waals surface area contributed by atoms with Crippen molar-refractivity contribution in [1.82, 2.24) is 4.90 Å². The van der Waals surface area contributed by atoms with Crippen LogP contribution in [0.2, 0.25) is 0 Å². The molecule has 146 valence electrons. The molecule has 2 aliphatic heterocycles. The minimum atomic E-state index is -0.146. The van der Waals surface area contributed by atoms with Crippen molar-refractivity contribution in [3.63, 3.8) is 0 Å². The molecule has 0 aliphatic carbocycles. The molecular formula is C22H26N4O2. The fourth-order valence-corrected chi connectivity index (χ4v) is 3.86. The lowest BCUT2D eigenvalue weighted by atomic mass is 10.1. The molecule has 0 atom stereocenters. The van der Waals surface area contributed by atoms with Crippen LogP contribution in [0, 0.1) is 0 Å². The molecule has 2 heterocycles. The van der Waals surface area contributed by atoms with Gasteiger partial charge in [0.25, 0.3) is 5.91 Å². The minimum absolute atomic E-state index is 0.146. The van der Waals surface area contributed by atoms with E-state index in [0.717, 1.165) is 49.7 Å². The number of carbonyl (C=O) groups excluding carboxylic acids is 2. The Labute approximate surface area is 165 Å². The Kier molecular flexibility index (Phi) is 5.05. The highest BCUT2D eigenvalue weighted by Crippen LogP contribution is 2.28. The quantitative estimate of drug-likeness (QED) is 0.892. The molecule has 2 aliphatic rings. The second-order valence-electron chi connectivity index (χ2n) is 7.65. The van der Waals surface area contributed by atoms with Crippen molar-refractivity contribution < 1.29 is 9.59 Å². The van der Waals surface area contributed by atoms with Crippen molar-refractivity contribution in [3.8, 4) is 0 Å². The number of hydrogen-bond acceptors (Lipinski definition) is 4. The highest BCUT2D eigenvalue weighted by atomic mass is 16.2. The number of hydrogen-bond donors (Lipinski definition) is 1. The average molecular weight is 378 g/mol. The van der Waals surface area contributed by atoms with Crippen LogP contribution >= 0.6 is 0 Å². The molecule has 0 saturated carbocycles. The lowest BCUT2D eigenvalue weighted by molar-refractivity contribution is -0.117. The van der Waals surface area contributed by atoms with Gasteiger partial charge in [-0.2, -0.15) is 0 Å². The van der Waals surface area contributed by atoms with E-state index in [0.29, 0.717) is 12.0 Å². The zero-order valence-electron chi connectivity index (χ0n) is 16.4. The highest BCUT2D eigenvalue weighted by molar-refractivity contribution is 6.05. The zero-order valence-corrected chi connectivity index (χ0v) is 16.4. The van der Waals surface area contributed by atoms with Crippen LogP contribution < -0.4 is 15.1 Å². The Morgan fingerprint density at radius 1 is 1.00 bits per heavy atom. The monoisotopic (exact) mass is 378 g/mol. The van der Waals surface area contributed by atoms with E-state index in [1.54, 1.807) is 17.0 Å². The summed E-state index contributed by atoms with van der Waals surface area (Å²) in [5.74, 6) is 0.00425. The van der Waals surface area contributed by atoms with Crippen molar-refractivity contribution in [1.29, 1.82) is 0 Å². The number of fused-ring (bicyclic) bond motifs is 1. The third-order valence-corrected chi connectivity index (χ3v) is 5.53. The van der Waals surface area contributed by atoms with Gasteiger partial charge in [-0.25, -0.2) is 0 Å². The van der Waals surface area contributed by atoms with Gasteiger partial charge in [-0.15, -0.1) is 0 Å². The van der Waals surface area contributed by atoms with Crippen molar-refractivity contribution in [2.45, 2.75) is 19.4 Å². The van der Waals surface area contributed by atoms with Crippen LogP contribution in [-0.4, -0.2) is 50.4 Å². The van der Waals surface area contributed by atoms with Crippen LogP contribution in [0.4, 0.5) is 17.1 Å². The van der Waals surface area contributed by atoms with E-state index in [4.69, 9.17) is 0 Å². The number of rotatable bonds is 3. The number of anilines is 3. The maximum absolute atomic E-state index is 12.7. The first-order valence-corrected chi connectivity index (χ1v) is 9.75. The molecule has 0 aromatic heterocycles. The van der Waals surface area contributed by atoms with Crippen LogP contribution in [0.1, 0.15) is 28.8 Å². The molecule has 2 aromatic rings. The number of nitrogens with one attached hydrogen (secondary N) is 1. The van der Waals surface area contributed by atoms with Crippen LogP contribution in [0.15, 0.2) is 42.5 Å². The van der Waals surface area contributed by atoms with Crippen LogP contribution in [0.25, 0.3) is 0 Å². The van der Waals surface area contributed by atoms with Gasteiger partial charge in [0.15, 0.2) is 0 Å². The maximum atomic E-state index is 12.7. The Morgan fingerprint density at radius 3 is 2.50 bits per heavy atom. The normalized spacial score (nSPS) is 17.4. The number of carbonyl (C=O) groups is 2. The number of amides is 2. The Morgan fingerprint density at radius 2 is 1.79 bits per heavy atom. The maximum Gasteiger partial charge on any atom is 0.255 e. The van der Waals surface area contributed by atoms with Crippen LogP contribution in [-0.2, 0) is 11.3 Å². The summed E-state index contributed by atoms with van der Waals surface area (Å²) in [5, 5.41) is 3.00. The molecule has 6 heteroatoms. The first-order chi connectivity index (χ1) is 13.5. The predicted octanol–water partition coefficient (Wildman–Crippen LogP) is 2.95. The molecule has 1 saturated heterocycles. The topological polar surface area (TPSA) is 55.9 Å². The molecule has 0 spiro atoms. The van der Waals surface area contributed by atoms with Gasteiger partial charge in [0.1, 0.15) is 0 Å². The number of benzene rings is 2. The van der Waals surface area contributed by atoms with E-state index in [1.807, 2.05) is 24.3 Å². The van der Waals surface area contributed by atoms with Crippen LogP contribution in [0.3, 0.4) is 0 Å². The van der Waals surface area contributed by atoms with Gasteiger partial charge in [0.2, 0.25) is 5.91 Å². The third kappa shape index (κ3) is 3.73. The summed E-state index contributed by atoms with van der Waals surface area (Å²) in [6.07, 6.45) is 1.49. The van der Waals surface area contributed by atoms with Crippen molar-refractivity contribution in [3.05, 3.63) is 53.6 Å². The molecule has 28 heavy (non-hydrogen) atoms. The Hall–Kier alpha value is -2.86. The van der Waals surface area contributed by atoms with E-state index in [1.165, 1.54) is 5.56 Å². The summed E-state index contributed by atoms with van der Waals surface area (Å²) < 4.78 is 0. The smallest absolute Gasteiger partial charge is 0.255 e. The van der Waals surface area contributed by atoms with Gasteiger partial charge in [-0.1, -0.05) is 6.07 Å². The fraction of sp³-hybridized carbons (Fsp3) is 0.364. The highest BCUT2D eigenvalue weighted by Gasteiger charge is 2.22. The average Bonchev–Trinajstić information content (AvgIpc) is 3.07. The molecule has 2 amide bonds. The van der Waals surface area contributed by atoms with E-state index in [9.17, 15) is 9.59 Å². The zero-order chi connectivity index (χ0) is 19.7. The molecule has 0 unspecified atom stereocenters. The molecule has 2 aromatic carbocycles. The van der Waals surface area contributed by atoms with Gasteiger partial charge >= 0.3 is 0 Å². The SMILES string of the molecule is CN1CCN(C)c2cc(NC(=O)c3ccc(N4CCCC4=O)cc3)ccc2C1. The molecule has 6 nitrogen and oxygen atoms in total. The molecule has 1 fully saturated rings. The minimum Gasteiger partial charge on any atom is -0.373 e. The lowest BCUT2D eigenvalue weighted by Gasteiger charge is -2.20. The standard InChI is InChI=1S/C22H26N4O2/c1-24-12-13-25(2)20-14-18(8-5-17(20)15-24)23-22(28)16-6-9-19(10-7-16)26-11-3-4-21(26)27/h5-10,14H,3-4,11-13,15H2,1-2H3,(H,23,28). The largest absolute Gasteiger partial charge is 0.373 e. The molecular weight excluding hydrogens is 352 g/mol. The summed E-state index contributed by atoms with van der Waals surface area (Å²) in [4.78, 5) is 30.8. The van der Waals surface area contributed by atoms with Gasteiger partial charge in [-0.05, 0) is 55.4 Å². The summed E-state index contributed by atoms with van der Waals surface area (Å²) in [5.41, 5.74) is 4.65. The summed E-state index contributed by atoms with van der Waals surface area (Å²) in [7, 11) is 4.21. The summed E-state index contributed by atoms with van der Waals surface area (Å²) >= 11 is 0. The Bertz CT molecular complexity index is 894. The molecule has 1 N–H and O–H groups in total. The first-order valence-electron chi connectivity index (χ1n) is 9.75. The number of nitrogens with zero attached hydrogens (tertiary/aromatic N) is 3. The summed E-state index contributed by atoms with van der Waals surface area (Å²) in [6, 6.07) is 13.3. The molecule has 4 rings (SSSR count). The van der Waals surface area contributed by atoms with E-state index < -0.39 is 0 Å². The second kappa shape index (κ2) is 7.64. The first kappa shape index (κ1) is 18.5. The van der Waals surface area contributed by atoms with Gasteiger partial charge in [0.05, 0.1) is 0 Å². The summed E-state index contributed by atoms with van der Waals surface area (Å²) in [6.45, 7) is 3.63. The van der Waals surface area contributed by atoms with E-state index in [2.05, 4.69) is 35.3 Å². The molecule has 0 bridgehead atoms. The van der Waals surface area contributed by atoms with E-state index >= 15 is 0 Å². The van der Waals surface area contributed by atoms with Gasteiger partial charge in [0, 0.05) is 62.3 Å².